The third-order valence-corrected chi connectivity index (χ3v) is 4.70. The Morgan fingerprint density at radius 3 is 2.03 bits per heavy atom. The number of nitrogens with zero attached hydrogens (tertiary/aromatic N) is 1. The first-order chi connectivity index (χ1) is 13.3. The van der Waals surface area contributed by atoms with E-state index in [4.69, 9.17) is 0 Å². The van der Waals surface area contributed by atoms with Gasteiger partial charge >= 0.3 is 0 Å². The zero-order valence-electron chi connectivity index (χ0n) is 18.3. The molecule has 2 aromatic rings. The number of aryl methyl sites for hydroxylation is 1. The lowest BCUT2D eigenvalue weighted by Gasteiger charge is -2.28. The van der Waals surface area contributed by atoms with E-state index in [0.29, 0.717) is 11.3 Å². The standard InChI is InChI=1S/C25H30N2O2/c1-16-9-8-10-19(11-16)27-23(29)18(15-26)12-17-13-20(24(2,3)4)22(28)21(14-17)25(5,6)7/h8-14,28H,1-7H3,(H,27,29)/b18-12-. The zero-order valence-corrected chi connectivity index (χ0v) is 18.3. The largest absolute Gasteiger partial charge is 0.507 e. The summed E-state index contributed by atoms with van der Waals surface area (Å²) in [6, 6.07) is 13.1. The SMILES string of the molecule is Cc1cccc(NC(=O)/C(C#N)=C\c2cc(C(C)(C)C)c(O)c(C(C)(C)C)c2)c1. The molecule has 0 radical (unpaired) electrons. The van der Waals surface area contributed by atoms with Crippen molar-refractivity contribution in [3.05, 3.63) is 64.2 Å². The number of hydrogen-bond donors (Lipinski definition) is 2. The molecule has 0 spiro atoms. The van der Waals surface area contributed by atoms with Gasteiger partial charge in [-0.15, -0.1) is 0 Å². The summed E-state index contributed by atoms with van der Waals surface area (Å²) in [7, 11) is 0. The first-order valence-electron chi connectivity index (χ1n) is 9.70. The van der Waals surface area contributed by atoms with Crippen molar-refractivity contribution in [1.29, 1.82) is 5.26 Å². The van der Waals surface area contributed by atoms with Crippen LogP contribution in [0, 0.1) is 18.3 Å². The van der Waals surface area contributed by atoms with Crippen LogP contribution in [0.2, 0.25) is 0 Å². The van der Waals surface area contributed by atoms with E-state index in [1.165, 1.54) is 0 Å². The van der Waals surface area contributed by atoms with E-state index >= 15 is 0 Å². The van der Waals surface area contributed by atoms with Gasteiger partial charge in [0.1, 0.15) is 17.4 Å². The molecule has 2 aromatic carbocycles. The quantitative estimate of drug-likeness (QED) is 0.511. The van der Waals surface area contributed by atoms with Gasteiger partial charge in [0.05, 0.1) is 0 Å². The summed E-state index contributed by atoms with van der Waals surface area (Å²) in [5.41, 5.74) is 3.39. The number of hydrogen-bond acceptors (Lipinski definition) is 3. The molecule has 0 fully saturated rings. The first kappa shape index (κ1) is 22.2. The van der Waals surface area contributed by atoms with Gasteiger partial charge in [-0.05, 0) is 59.2 Å². The number of anilines is 1. The molecule has 0 aliphatic rings. The Kier molecular flexibility index (Phi) is 6.23. The lowest BCUT2D eigenvalue weighted by Crippen LogP contribution is -2.18. The van der Waals surface area contributed by atoms with E-state index in [-0.39, 0.29) is 22.2 Å². The Labute approximate surface area is 173 Å². The summed E-state index contributed by atoms with van der Waals surface area (Å²) in [6.07, 6.45) is 1.58. The number of phenolic OH excluding ortho intramolecular Hbond substituents is 1. The van der Waals surface area contributed by atoms with Crippen molar-refractivity contribution in [2.45, 2.75) is 59.3 Å². The molecule has 0 heterocycles. The average molecular weight is 391 g/mol. The number of carbonyl (C=O) groups is 1. The Morgan fingerprint density at radius 1 is 1.03 bits per heavy atom. The first-order valence-corrected chi connectivity index (χ1v) is 9.70. The molecule has 0 saturated carbocycles. The van der Waals surface area contributed by atoms with Crippen molar-refractivity contribution in [1.82, 2.24) is 0 Å². The highest BCUT2D eigenvalue weighted by Gasteiger charge is 2.26. The van der Waals surface area contributed by atoms with Crippen LogP contribution in [0.3, 0.4) is 0 Å². The highest BCUT2D eigenvalue weighted by atomic mass is 16.3. The Balaban J connectivity index is 2.52. The van der Waals surface area contributed by atoms with Crippen molar-refractivity contribution >= 4 is 17.7 Å². The van der Waals surface area contributed by atoms with Gasteiger partial charge in [-0.3, -0.25) is 4.79 Å². The molecule has 0 aliphatic carbocycles. The average Bonchev–Trinajstić information content (AvgIpc) is 2.58. The Morgan fingerprint density at radius 2 is 1.59 bits per heavy atom. The second-order valence-electron chi connectivity index (χ2n) is 9.46. The van der Waals surface area contributed by atoms with Crippen LogP contribution >= 0.6 is 0 Å². The molecule has 0 aliphatic heterocycles. The van der Waals surface area contributed by atoms with E-state index in [0.717, 1.165) is 16.7 Å². The van der Waals surface area contributed by atoms with Gasteiger partial charge in [0.15, 0.2) is 0 Å². The van der Waals surface area contributed by atoms with Crippen molar-refractivity contribution in [3.63, 3.8) is 0 Å². The molecule has 0 atom stereocenters. The molecule has 0 aromatic heterocycles. The molecule has 152 valence electrons. The predicted molar refractivity (Wildman–Crippen MR) is 119 cm³/mol. The monoisotopic (exact) mass is 390 g/mol. The van der Waals surface area contributed by atoms with E-state index in [1.54, 1.807) is 12.1 Å². The van der Waals surface area contributed by atoms with E-state index in [9.17, 15) is 15.2 Å². The molecule has 2 N–H and O–H groups in total. The molecule has 0 unspecified atom stereocenters. The lowest BCUT2D eigenvalue weighted by molar-refractivity contribution is -0.112. The number of nitrogens with one attached hydrogen (secondary N) is 1. The molecule has 4 nitrogen and oxygen atoms in total. The van der Waals surface area contributed by atoms with E-state index in [1.807, 2.05) is 84.9 Å². The Hall–Kier alpha value is -3.06. The van der Waals surface area contributed by atoms with Crippen molar-refractivity contribution < 1.29 is 9.90 Å². The predicted octanol–water partition coefficient (Wildman–Crippen LogP) is 5.84. The van der Waals surface area contributed by atoms with Crippen LogP contribution in [0.15, 0.2) is 42.0 Å². The summed E-state index contributed by atoms with van der Waals surface area (Å²) in [6.45, 7) is 14.1. The van der Waals surface area contributed by atoms with Crippen molar-refractivity contribution in [3.8, 4) is 11.8 Å². The highest BCUT2D eigenvalue weighted by Crippen LogP contribution is 2.40. The van der Waals surface area contributed by atoms with Gasteiger partial charge < -0.3 is 10.4 Å². The normalized spacial score (nSPS) is 12.4. The number of aromatic hydroxyl groups is 1. The minimum absolute atomic E-state index is 0.0110. The second kappa shape index (κ2) is 8.13. The number of carbonyl (C=O) groups excluding carboxylic acids is 1. The topological polar surface area (TPSA) is 73.1 Å². The van der Waals surface area contributed by atoms with Crippen LogP contribution in [0.25, 0.3) is 6.08 Å². The van der Waals surface area contributed by atoms with E-state index < -0.39 is 5.91 Å². The molecule has 0 saturated heterocycles. The van der Waals surface area contributed by atoms with Crippen LogP contribution < -0.4 is 5.32 Å². The van der Waals surface area contributed by atoms with Crippen LogP contribution in [0.5, 0.6) is 5.75 Å². The van der Waals surface area contributed by atoms with Crippen molar-refractivity contribution in [2.24, 2.45) is 0 Å². The third kappa shape index (κ3) is 5.48. The third-order valence-electron chi connectivity index (χ3n) is 4.70. The van der Waals surface area contributed by atoms with Crippen LogP contribution in [-0.2, 0) is 15.6 Å². The summed E-state index contributed by atoms with van der Waals surface area (Å²) in [5.74, 6) is -0.189. The van der Waals surface area contributed by atoms with Gasteiger partial charge in [-0.2, -0.15) is 5.26 Å². The van der Waals surface area contributed by atoms with Gasteiger partial charge in [-0.25, -0.2) is 0 Å². The fraction of sp³-hybridized carbons (Fsp3) is 0.360. The fourth-order valence-corrected chi connectivity index (χ4v) is 3.12. The molecule has 0 bridgehead atoms. The fourth-order valence-electron chi connectivity index (χ4n) is 3.12. The summed E-state index contributed by atoms with van der Waals surface area (Å²) < 4.78 is 0. The smallest absolute Gasteiger partial charge is 0.266 e. The highest BCUT2D eigenvalue weighted by molar-refractivity contribution is 6.09. The second-order valence-corrected chi connectivity index (χ2v) is 9.46. The van der Waals surface area contributed by atoms with Crippen LogP contribution in [0.1, 0.15) is 63.8 Å². The molecule has 4 heteroatoms. The molecular formula is C25H30N2O2. The van der Waals surface area contributed by atoms with E-state index in [2.05, 4.69) is 5.32 Å². The maximum Gasteiger partial charge on any atom is 0.266 e. The minimum Gasteiger partial charge on any atom is -0.507 e. The Bertz CT molecular complexity index is 962. The number of amides is 1. The molecule has 1 amide bonds. The van der Waals surface area contributed by atoms with Gasteiger partial charge in [-0.1, -0.05) is 53.7 Å². The molecular weight excluding hydrogens is 360 g/mol. The number of benzene rings is 2. The number of rotatable bonds is 3. The van der Waals surface area contributed by atoms with Crippen LogP contribution in [0.4, 0.5) is 5.69 Å². The summed E-state index contributed by atoms with van der Waals surface area (Å²) in [4.78, 5) is 12.6. The summed E-state index contributed by atoms with van der Waals surface area (Å²) in [5, 5.41) is 23.2. The number of phenols is 1. The van der Waals surface area contributed by atoms with Crippen LogP contribution in [-0.4, -0.2) is 11.0 Å². The van der Waals surface area contributed by atoms with Gasteiger partial charge in [0, 0.05) is 16.8 Å². The maximum atomic E-state index is 12.6. The molecule has 2 rings (SSSR count). The molecule has 29 heavy (non-hydrogen) atoms. The lowest BCUT2D eigenvalue weighted by atomic mass is 9.78. The zero-order chi connectivity index (χ0) is 22.0. The van der Waals surface area contributed by atoms with Crippen molar-refractivity contribution in [2.75, 3.05) is 5.32 Å². The minimum atomic E-state index is -0.458. The number of nitriles is 1. The van der Waals surface area contributed by atoms with Gasteiger partial charge in [0.25, 0.3) is 5.91 Å². The summed E-state index contributed by atoms with van der Waals surface area (Å²) >= 11 is 0. The maximum absolute atomic E-state index is 12.6. The van der Waals surface area contributed by atoms with Gasteiger partial charge in [0.2, 0.25) is 0 Å².